The predicted molar refractivity (Wildman–Crippen MR) is 63.7 cm³/mol. The molecule has 2 aromatic rings. The topological polar surface area (TPSA) is 81.7 Å². The number of hydrogen-bond acceptors (Lipinski definition) is 5. The highest BCUT2D eigenvalue weighted by molar-refractivity contribution is 5.21. The number of aromatic nitrogens is 4. The second kappa shape index (κ2) is 5.03. The van der Waals surface area contributed by atoms with Crippen LogP contribution in [0.25, 0.3) is 0 Å². The van der Waals surface area contributed by atoms with Crippen molar-refractivity contribution in [2.24, 2.45) is 12.9 Å². The largest absolute Gasteiger partial charge is 0.271 e. The summed E-state index contributed by atoms with van der Waals surface area (Å²) in [6.45, 7) is 2.02. The highest BCUT2D eigenvalue weighted by Crippen LogP contribution is 2.17. The molecule has 6 heteroatoms. The molecule has 3 N–H and O–H groups in total. The molecule has 0 aliphatic heterocycles. The van der Waals surface area contributed by atoms with Crippen LogP contribution in [0.5, 0.6) is 0 Å². The second-order valence-corrected chi connectivity index (χ2v) is 3.93. The summed E-state index contributed by atoms with van der Waals surface area (Å²) in [7, 11) is 1.86. The van der Waals surface area contributed by atoms with E-state index in [0.29, 0.717) is 6.42 Å². The van der Waals surface area contributed by atoms with Crippen LogP contribution < -0.4 is 11.3 Å². The Bertz CT molecular complexity index is 492. The van der Waals surface area contributed by atoms with E-state index in [-0.39, 0.29) is 6.04 Å². The highest BCUT2D eigenvalue weighted by Gasteiger charge is 2.16. The third-order valence-corrected chi connectivity index (χ3v) is 2.77. The lowest BCUT2D eigenvalue weighted by molar-refractivity contribution is 0.510. The van der Waals surface area contributed by atoms with Crippen molar-refractivity contribution >= 4 is 0 Å². The quantitative estimate of drug-likeness (QED) is 0.584. The molecule has 6 nitrogen and oxygen atoms in total. The first-order chi connectivity index (χ1) is 8.22. The monoisotopic (exact) mass is 232 g/mol. The van der Waals surface area contributed by atoms with Crippen LogP contribution in [0.2, 0.25) is 0 Å². The van der Waals surface area contributed by atoms with Gasteiger partial charge in [-0.3, -0.25) is 20.9 Å². The lowest BCUT2D eigenvalue weighted by atomic mass is 10.1. The number of aryl methyl sites for hydroxylation is 2. The van der Waals surface area contributed by atoms with Gasteiger partial charge in [0.05, 0.1) is 11.7 Å². The summed E-state index contributed by atoms with van der Waals surface area (Å²) in [5, 5.41) is 4.04. The predicted octanol–water partition coefficient (Wildman–Crippen LogP) is 0.266. The Kier molecular flexibility index (Phi) is 3.46. The zero-order chi connectivity index (χ0) is 12.3. The van der Waals surface area contributed by atoms with Gasteiger partial charge in [-0.1, -0.05) is 6.07 Å². The van der Waals surface area contributed by atoms with Crippen molar-refractivity contribution in [3.63, 3.8) is 0 Å². The van der Waals surface area contributed by atoms with Gasteiger partial charge in [0.1, 0.15) is 12.2 Å². The Balaban J connectivity index is 2.23. The summed E-state index contributed by atoms with van der Waals surface area (Å²) in [5.41, 5.74) is 4.83. The molecule has 0 aliphatic carbocycles. The molecule has 1 unspecified atom stereocenters. The number of nitrogens with two attached hydrogens (primary N) is 1. The van der Waals surface area contributed by atoms with E-state index < -0.39 is 0 Å². The number of nitrogens with one attached hydrogen (secondary N) is 1. The molecule has 90 valence electrons. The standard InChI is InChI=1S/C11H16N6/c1-8-4-3-5-13-11(8)9(16-12)6-10-14-7-15-17(10)2/h3-5,7,9,16H,6,12H2,1-2H3. The SMILES string of the molecule is Cc1cccnc1C(Cc1ncnn1C)NN. The maximum Gasteiger partial charge on any atom is 0.138 e. The summed E-state index contributed by atoms with van der Waals surface area (Å²) in [5.74, 6) is 6.47. The van der Waals surface area contributed by atoms with Gasteiger partial charge < -0.3 is 0 Å². The molecule has 0 aromatic carbocycles. The van der Waals surface area contributed by atoms with E-state index in [1.807, 2.05) is 26.1 Å². The molecule has 2 rings (SSSR count). The van der Waals surface area contributed by atoms with E-state index in [1.165, 1.54) is 6.33 Å². The fourth-order valence-corrected chi connectivity index (χ4v) is 1.78. The van der Waals surface area contributed by atoms with Crippen LogP contribution in [0, 0.1) is 6.92 Å². The molecule has 2 heterocycles. The minimum atomic E-state index is -0.0564. The van der Waals surface area contributed by atoms with Gasteiger partial charge in [-0.15, -0.1) is 0 Å². The van der Waals surface area contributed by atoms with E-state index in [9.17, 15) is 0 Å². The molecule has 0 fully saturated rings. The van der Waals surface area contributed by atoms with Crippen LogP contribution in [0.1, 0.15) is 23.1 Å². The Morgan fingerprint density at radius 2 is 2.29 bits per heavy atom. The molecule has 0 amide bonds. The summed E-state index contributed by atoms with van der Waals surface area (Å²) >= 11 is 0. The smallest absolute Gasteiger partial charge is 0.138 e. The first-order valence-electron chi connectivity index (χ1n) is 5.43. The van der Waals surface area contributed by atoms with Gasteiger partial charge >= 0.3 is 0 Å². The Morgan fingerprint density at radius 1 is 1.47 bits per heavy atom. The number of hydrogen-bond donors (Lipinski definition) is 2. The van der Waals surface area contributed by atoms with E-state index in [4.69, 9.17) is 5.84 Å². The zero-order valence-electron chi connectivity index (χ0n) is 9.96. The Hall–Kier alpha value is -1.79. The number of nitrogens with zero attached hydrogens (tertiary/aromatic N) is 4. The van der Waals surface area contributed by atoms with Gasteiger partial charge in [-0.25, -0.2) is 4.98 Å². The van der Waals surface area contributed by atoms with Gasteiger partial charge in [0.25, 0.3) is 0 Å². The van der Waals surface area contributed by atoms with Crippen molar-refractivity contribution in [3.8, 4) is 0 Å². The third kappa shape index (κ3) is 2.48. The normalized spacial score (nSPS) is 12.6. The van der Waals surface area contributed by atoms with Gasteiger partial charge in [-0.2, -0.15) is 5.10 Å². The van der Waals surface area contributed by atoms with E-state index >= 15 is 0 Å². The fraction of sp³-hybridized carbons (Fsp3) is 0.364. The van der Waals surface area contributed by atoms with E-state index in [0.717, 1.165) is 17.1 Å². The molecule has 0 bridgehead atoms. The average molecular weight is 232 g/mol. The molecule has 0 spiro atoms. The third-order valence-electron chi connectivity index (χ3n) is 2.77. The zero-order valence-corrected chi connectivity index (χ0v) is 9.96. The van der Waals surface area contributed by atoms with Crippen LogP contribution in [-0.2, 0) is 13.5 Å². The lowest BCUT2D eigenvalue weighted by Crippen LogP contribution is -2.31. The summed E-state index contributed by atoms with van der Waals surface area (Å²) in [6.07, 6.45) is 3.96. The molecular formula is C11H16N6. The number of pyridine rings is 1. The summed E-state index contributed by atoms with van der Waals surface area (Å²) < 4.78 is 1.74. The first-order valence-corrected chi connectivity index (χ1v) is 5.43. The summed E-state index contributed by atoms with van der Waals surface area (Å²) in [4.78, 5) is 8.55. The molecule has 2 aromatic heterocycles. The van der Waals surface area contributed by atoms with E-state index in [2.05, 4.69) is 20.5 Å². The summed E-state index contributed by atoms with van der Waals surface area (Å²) in [6, 6.07) is 3.87. The molecule has 0 radical (unpaired) electrons. The van der Waals surface area contributed by atoms with Crippen molar-refractivity contribution < 1.29 is 0 Å². The van der Waals surface area contributed by atoms with Crippen molar-refractivity contribution in [3.05, 3.63) is 41.7 Å². The minimum Gasteiger partial charge on any atom is -0.271 e. The van der Waals surface area contributed by atoms with Gasteiger partial charge in [0.15, 0.2) is 0 Å². The molecule has 0 saturated carbocycles. The molecular weight excluding hydrogens is 216 g/mol. The van der Waals surface area contributed by atoms with Crippen LogP contribution in [0.3, 0.4) is 0 Å². The van der Waals surface area contributed by atoms with Crippen molar-refractivity contribution in [1.29, 1.82) is 0 Å². The number of hydrazine groups is 1. The maximum atomic E-state index is 5.59. The molecule has 0 saturated heterocycles. The molecule has 0 aliphatic rings. The minimum absolute atomic E-state index is 0.0564. The van der Waals surface area contributed by atoms with Crippen LogP contribution >= 0.6 is 0 Å². The van der Waals surface area contributed by atoms with Crippen molar-refractivity contribution in [2.75, 3.05) is 0 Å². The molecule has 1 atom stereocenters. The van der Waals surface area contributed by atoms with Gasteiger partial charge in [0, 0.05) is 19.7 Å². The van der Waals surface area contributed by atoms with Crippen LogP contribution in [0.4, 0.5) is 0 Å². The maximum absolute atomic E-state index is 5.59. The van der Waals surface area contributed by atoms with Crippen LogP contribution in [-0.4, -0.2) is 19.7 Å². The van der Waals surface area contributed by atoms with Crippen LogP contribution in [0.15, 0.2) is 24.7 Å². The highest BCUT2D eigenvalue weighted by atomic mass is 15.3. The van der Waals surface area contributed by atoms with Gasteiger partial charge in [0.2, 0.25) is 0 Å². The Labute approximate surface area is 99.9 Å². The average Bonchev–Trinajstić information content (AvgIpc) is 2.73. The lowest BCUT2D eigenvalue weighted by Gasteiger charge is -2.16. The van der Waals surface area contributed by atoms with Crippen molar-refractivity contribution in [2.45, 2.75) is 19.4 Å². The van der Waals surface area contributed by atoms with E-state index in [1.54, 1.807) is 10.9 Å². The van der Waals surface area contributed by atoms with Gasteiger partial charge in [-0.05, 0) is 18.6 Å². The Morgan fingerprint density at radius 3 is 2.88 bits per heavy atom. The molecule has 17 heavy (non-hydrogen) atoms. The first kappa shape index (κ1) is 11.7. The fourth-order valence-electron chi connectivity index (χ4n) is 1.78. The second-order valence-electron chi connectivity index (χ2n) is 3.93. The van der Waals surface area contributed by atoms with Crippen molar-refractivity contribution in [1.82, 2.24) is 25.2 Å². The number of rotatable bonds is 4.